The first-order chi connectivity index (χ1) is 15.2. The summed E-state index contributed by atoms with van der Waals surface area (Å²) in [6.45, 7) is 0. The zero-order chi connectivity index (χ0) is 21.4. The molecule has 0 radical (unpaired) electrons. The monoisotopic (exact) mass is 412 g/mol. The van der Waals surface area contributed by atoms with Gasteiger partial charge >= 0.3 is 0 Å². The number of phenols is 1. The molecule has 3 aromatic carbocycles. The molecule has 0 saturated carbocycles. The summed E-state index contributed by atoms with van der Waals surface area (Å²) >= 11 is 0. The maximum atomic E-state index is 14.3. The number of Topliss-reactive ketones (excluding diaryl/α,β-unsaturated/α-hetero) is 1. The molecule has 1 aromatic heterocycles. The average Bonchev–Trinajstić information content (AvgIpc) is 3.29. The number of carbonyl (C=O) groups is 1. The number of aromatic nitrogens is 3. The van der Waals surface area contributed by atoms with Gasteiger partial charge < -0.3 is 15.2 Å². The van der Waals surface area contributed by atoms with Gasteiger partial charge in [0.25, 0.3) is 0 Å². The van der Waals surface area contributed by atoms with E-state index in [2.05, 4.69) is 15.4 Å². The Kier molecular flexibility index (Phi) is 4.43. The van der Waals surface area contributed by atoms with Crippen molar-refractivity contribution in [3.63, 3.8) is 0 Å². The number of aromatic hydroxyl groups is 1. The summed E-state index contributed by atoms with van der Waals surface area (Å²) in [7, 11) is 1.48. The number of methoxy groups -OCH3 is 1. The highest BCUT2D eigenvalue weighted by Gasteiger charge is 2.52. The summed E-state index contributed by atoms with van der Waals surface area (Å²) in [4.78, 5) is 18.7. The normalized spacial score (nSPS) is 16.9. The summed E-state index contributed by atoms with van der Waals surface area (Å²) in [5, 5.41) is 17.7. The predicted molar refractivity (Wildman–Crippen MR) is 115 cm³/mol. The zero-order valence-corrected chi connectivity index (χ0v) is 16.8. The van der Waals surface area contributed by atoms with Crippen LogP contribution in [0.15, 0.2) is 85.2 Å². The van der Waals surface area contributed by atoms with Gasteiger partial charge in [-0.1, -0.05) is 66.7 Å². The molecule has 2 N–H and O–H groups in total. The molecular formula is C24H20N4O3. The number of hydrogen-bond donors (Lipinski definition) is 2. The van der Waals surface area contributed by atoms with Crippen molar-refractivity contribution >= 4 is 11.7 Å². The van der Waals surface area contributed by atoms with E-state index in [4.69, 9.17) is 4.74 Å². The molecule has 4 aromatic rings. The third-order valence-corrected chi connectivity index (χ3v) is 5.68. The van der Waals surface area contributed by atoms with Gasteiger partial charge in [0.2, 0.25) is 5.95 Å². The minimum atomic E-state index is -1.21. The first-order valence-electron chi connectivity index (χ1n) is 9.85. The Labute approximate surface area is 179 Å². The number of nitrogens with zero attached hydrogens (tertiary/aromatic N) is 3. The third kappa shape index (κ3) is 2.78. The molecule has 1 aliphatic rings. The number of ketones is 1. The van der Waals surface area contributed by atoms with E-state index < -0.39 is 11.6 Å². The highest BCUT2D eigenvalue weighted by atomic mass is 16.5. The second-order valence-corrected chi connectivity index (χ2v) is 7.31. The number of carbonyl (C=O) groups excluding carboxylic acids is 1. The highest BCUT2D eigenvalue weighted by molar-refractivity contribution is 6.01. The third-order valence-electron chi connectivity index (χ3n) is 5.68. The lowest BCUT2D eigenvalue weighted by atomic mass is 9.74. The first kappa shape index (κ1) is 18.9. The van der Waals surface area contributed by atoms with E-state index in [1.54, 1.807) is 16.8 Å². The van der Waals surface area contributed by atoms with Crippen LogP contribution in [-0.4, -0.2) is 32.8 Å². The highest BCUT2D eigenvalue weighted by Crippen LogP contribution is 2.44. The summed E-state index contributed by atoms with van der Waals surface area (Å²) < 4.78 is 6.91. The molecule has 5 rings (SSSR count). The fraction of sp³-hybridized carbons (Fsp3) is 0.125. The molecule has 7 nitrogen and oxygen atoms in total. The van der Waals surface area contributed by atoms with Crippen LogP contribution in [0, 0.1) is 0 Å². The van der Waals surface area contributed by atoms with Gasteiger partial charge in [-0.2, -0.15) is 10.1 Å². The van der Waals surface area contributed by atoms with Gasteiger partial charge in [0.05, 0.1) is 7.11 Å². The molecule has 1 aliphatic heterocycles. The number of anilines is 1. The lowest BCUT2D eigenvalue weighted by Gasteiger charge is -2.41. The van der Waals surface area contributed by atoms with Crippen LogP contribution in [0.2, 0.25) is 0 Å². The van der Waals surface area contributed by atoms with Crippen LogP contribution in [0.5, 0.6) is 11.5 Å². The van der Waals surface area contributed by atoms with Crippen molar-refractivity contribution in [2.45, 2.75) is 11.6 Å². The Balaban J connectivity index is 1.79. The molecule has 0 fully saturated rings. The van der Waals surface area contributed by atoms with Crippen LogP contribution in [0.3, 0.4) is 0 Å². The molecule has 31 heavy (non-hydrogen) atoms. The second kappa shape index (κ2) is 7.28. The summed E-state index contributed by atoms with van der Waals surface area (Å²) in [6.07, 6.45) is 1.44. The molecule has 7 heteroatoms. The largest absolute Gasteiger partial charge is 0.504 e. The van der Waals surface area contributed by atoms with Crippen LogP contribution < -0.4 is 10.1 Å². The summed E-state index contributed by atoms with van der Waals surface area (Å²) in [6, 6.07) is 23.3. The Morgan fingerprint density at radius 2 is 1.65 bits per heavy atom. The second-order valence-electron chi connectivity index (χ2n) is 7.31. The van der Waals surface area contributed by atoms with E-state index in [1.807, 2.05) is 60.7 Å². The molecule has 0 aliphatic carbocycles. The van der Waals surface area contributed by atoms with E-state index >= 15 is 0 Å². The molecule has 0 bridgehead atoms. The van der Waals surface area contributed by atoms with Crippen LogP contribution in [0.1, 0.15) is 22.7 Å². The molecule has 154 valence electrons. The average molecular weight is 412 g/mol. The number of rotatable bonds is 4. The fourth-order valence-electron chi connectivity index (χ4n) is 4.26. The Hall–Kier alpha value is -4.13. The first-order valence-corrected chi connectivity index (χ1v) is 9.85. The number of benzene rings is 3. The number of fused-ring (bicyclic) bond motifs is 1. The summed E-state index contributed by atoms with van der Waals surface area (Å²) in [5.41, 5.74) is 1.02. The van der Waals surface area contributed by atoms with Crippen molar-refractivity contribution < 1.29 is 14.6 Å². The van der Waals surface area contributed by atoms with Crippen molar-refractivity contribution in [1.29, 1.82) is 0 Å². The molecule has 0 saturated heterocycles. The van der Waals surface area contributed by atoms with Crippen LogP contribution in [0.25, 0.3) is 0 Å². The summed E-state index contributed by atoms with van der Waals surface area (Å²) in [5.74, 6) is 0.666. The molecular weight excluding hydrogens is 392 g/mol. The van der Waals surface area contributed by atoms with Gasteiger partial charge in [0.1, 0.15) is 12.4 Å². The van der Waals surface area contributed by atoms with Gasteiger partial charge in [0.15, 0.2) is 22.8 Å². The minimum Gasteiger partial charge on any atom is -0.504 e. The van der Waals surface area contributed by atoms with Crippen LogP contribution in [0.4, 0.5) is 5.95 Å². The molecule has 2 heterocycles. The molecule has 1 atom stereocenters. The van der Waals surface area contributed by atoms with E-state index in [-0.39, 0.29) is 11.5 Å². The van der Waals surface area contributed by atoms with Gasteiger partial charge in [-0.25, -0.2) is 4.68 Å². The van der Waals surface area contributed by atoms with Crippen molar-refractivity contribution in [1.82, 2.24) is 14.8 Å². The standard InChI is InChI=1S/C24H20N4O3/c1-31-20-14-16(12-13-19(20)29)21-22(30)24(17-8-4-2-5-9-17,18-10-6-3-7-11-18)28-23(27-21)25-15-26-28/h2-15,21,29H,1H3,(H,25,26,27). The number of ether oxygens (including phenoxy) is 1. The predicted octanol–water partition coefficient (Wildman–Crippen LogP) is 3.52. The zero-order valence-electron chi connectivity index (χ0n) is 16.8. The maximum Gasteiger partial charge on any atom is 0.223 e. The van der Waals surface area contributed by atoms with E-state index in [0.29, 0.717) is 17.3 Å². The maximum absolute atomic E-state index is 14.3. The lowest BCUT2D eigenvalue weighted by molar-refractivity contribution is -0.126. The van der Waals surface area contributed by atoms with Crippen molar-refractivity contribution in [3.05, 3.63) is 102 Å². The van der Waals surface area contributed by atoms with E-state index in [1.165, 1.54) is 19.5 Å². The molecule has 0 spiro atoms. The van der Waals surface area contributed by atoms with Crippen LogP contribution in [-0.2, 0) is 10.3 Å². The number of nitrogens with one attached hydrogen (secondary N) is 1. The number of hydrogen-bond acceptors (Lipinski definition) is 6. The van der Waals surface area contributed by atoms with Crippen molar-refractivity contribution in [2.24, 2.45) is 0 Å². The Bertz CT molecular complexity index is 1200. The number of phenolic OH excluding ortho intramolecular Hbond substituents is 1. The topological polar surface area (TPSA) is 89.3 Å². The van der Waals surface area contributed by atoms with Gasteiger partial charge in [-0.15, -0.1) is 0 Å². The van der Waals surface area contributed by atoms with E-state index in [9.17, 15) is 9.90 Å². The van der Waals surface area contributed by atoms with E-state index in [0.717, 1.165) is 11.1 Å². The van der Waals surface area contributed by atoms with Crippen LogP contribution >= 0.6 is 0 Å². The quantitative estimate of drug-likeness (QED) is 0.533. The SMILES string of the molecule is COc1cc(C2Nc3ncnn3C(c3ccccc3)(c3ccccc3)C2=O)ccc1O. The fourth-order valence-corrected chi connectivity index (χ4v) is 4.26. The minimum absolute atomic E-state index is 0.00931. The molecule has 0 amide bonds. The lowest BCUT2D eigenvalue weighted by Crippen LogP contribution is -2.52. The van der Waals surface area contributed by atoms with Crippen molar-refractivity contribution in [2.75, 3.05) is 12.4 Å². The smallest absolute Gasteiger partial charge is 0.223 e. The van der Waals surface area contributed by atoms with Crippen molar-refractivity contribution in [3.8, 4) is 11.5 Å². The molecule has 1 unspecified atom stereocenters. The van der Waals surface area contributed by atoms with Gasteiger partial charge in [0, 0.05) is 0 Å². The Morgan fingerprint density at radius 1 is 1.00 bits per heavy atom. The Morgan fingerprint density at radius 3 is 2.26 bits per heavy atom. The van der Waals surface area contributed by atoms with Gasteiger partial charge in [-0.05, 0) is 28.8 Å². The van der Waals surface area contributed by atoms with Gasteiger partial charge in [-0.3, -0.25) is 4.79 Å².